The first-order valence-electron chi connectivity index (χ1n) is 8.35. The Morgan fingerprint density at radius 2 is 0.818 bits per heavy atom. The van der Waals surface area contributed by atoms with Crippen LogP contribution in [0.2, 0.25) is 0 Å². The Bertz CT molecular complexity index is 586. The summed E-state index contributed by atoms with van der Waals surface area (Å²) in [5.74, 6) is -1.62. The Morgan fingerprint density at radius 3 is 1.18 bits per heavy atom. The number of fused-ring (bicyclic) bond motifs is 4. The van der Waals surface area contributed by atoms with E-state index >= 15 is 0 Å². The van der Waals surface area contributed by atoms with Crippen LogP contribution < -0.4 is 0 Å². The minimum Gasteiger partial charge on any atom is -0.390 e. The molecule has 0 radical (unpaired) electrons. The van der Waals surface area contributed by atoms with Crippen molar-refractivity contribution in [2.24, 2.45) is 23.7 Å². The summed E-state index contributed by atoms with van der Waals surface area (Å²) in [7, 11) is 0. The number of aliphatic hydroxyl groups is 6. The second kappa shape index (κ2) is 2.80. The third-order valence-electron chi connectivity index (χ3n) is 8.68. The van der Waals surface area contributed by atoms with E-state index in [4.69, 9.17) is 0 Å². The van der Waals surface area contributed by atoms with Crippen molar-refractivity contribution in [1.82, 2.24) is 0 Å². The van der Waals surface area contributed by atoms with Crippen molar-refractivity contribution in [2.75, 3.05) is 0 Å². The van der Waals surface area contributed by atoms with E-state index in [0.29, 0.717) is 12.8 Å². The van der Waals surface area contributed by atoms with Crippen molar-refractivity contribution in [3.63, 3.8) is 0 Å². The van der Waals surface area contributed by atoms with Gasteiger partial charge < -0.3 is 30.6 Å². The molecule has 4 bridgehead atoms. The lowest BCUT2D eigenvalue weighted by Crippen LogP contribution is -2.63. The van der Waals surface area contributed by atoms with Gasteiger partial charge >= 0.3 is 0 Å². The Morgan fingerprint density at radius 1 is 0.500 bits per heavy atom. The lowest BCUT2D eigenvalue weighted by molar-refractivity contribution is -0.226. The van der Waals surface area contributed by atoms with Gasteiger partial charge in [-0.2, -0.15) is 0 Å². The van der Waals surface area contributed by atoms with Crippen LogP contribution in [0.3, 0.4) is 0 Å². The first-order valence-corrected chi connectivity index (χ1v) is 8.35. The van der Waals surface area contributed by atoms with Crippen molar-refractivity contribution in [3.8, 4) is 0 Å². The molecule has 6 N–H and O–H groups in total. The van der Waals surface area contributed by atoms with Crippen LogP contribution in [0.15, 0.2) is 0 Å². The summed E-state index contributed by atoms with van der Waals surface area (Å²) in [6.45, 7) is 0. The molecule has 0 spiro atoms. The summed E-state index contributed by atoms with van der Waals surface area (Å²) in [5, 5.41) is 67.1. The van der Waals surface area contributed by atoms with Crippen LogP contribution in [0.4, 0.5) is 0 Å². The van der Waals surface area contributed by atoms with Crippen LogP contribution in [-0.2, 0) is 0 Å². The summed E-state index contributed by atoms with van der Waals surface area (Å²) >= 11 is 0. The molecule has 122 valence electrons. The lowest BCUT2D eigenvalue weighted by atomic mass is 9.61. The van der Waals surface area contributed by atoms with Gasteiger partial charge in [0, 0.05) is 37.5 Å². The summed E-state index contributed by atoms with van der Waals surface area (Å²) in [6.07, 6.45) is 0.815. The monoisotopic (exact) mass is 310 g/mol. The molecule has 6 heteroatoms. The fraction of sp³-hybridized carbons (Fsp3) is 1.00. The molecule has 0 heterocycles. The molecule has 0 aromatic carbocycles. The van der Waals surface area contributed by atoms with Crippen LogP contribution >= 0.6 is 0 Å². The van der Waals surface area contributed by atoms with E-state index in [1.54, 1.807) is 0 Å². The molecule has 6 aliphatic rings. The van der Waals surface area contributed by atoms with Crippen molar-refractivity contribution in [1.29, 1.82) is 0 Å². The van der Waals surface area contributed by atoms with E-state index in [2.05, 4.69) is 0 Å². The second-order valence-corrected chi connectivity index (χ2v) is 9.53. The van der Waals surface area contributed by atoms with Crippen LogP contribution in [0.1, 0.15) is 38.5 Å². The van der Waals surface area contributed by atoms with Crippen molar-refractivity contribution in [3.05, 3.63) is 0 Å². The van der Waals surface area contributed by atoms with E-state index in [9.17, 15) is 30.6 Å². The van der Waals surface area contributed by atoms with Gasteiger partial charge in [0.25, 0.3) is 0 Å². The number of rotatable bonds is 0. The fourth-order valence-corrected chi connectivity index (χ4v) is 8.51. The molecule has 10 atom stereocenters. The standard InChI is InChI=1S/C16H22O6/c17-11-1-7-9-10-8-2-12(18,4-14(8,20)15(9,21)5-11)6-16(10,22)13(7,19)3-11/h7-10,17-22H,1-6H2. The molecule has 0 aliphatic heterocycles. The Kier molecular flexibility index (Phi) is 1.67. The lowest BCUT2D eigenvalue weighted by Gasteiger charge is -2.51. The largest absolute Gasteiger partial charge is 0.390 e. The zero-order valence-electron chi connectivity index (χ0n) is 12.2. The Labute approximate surface area is 127 Å². The van der Waals surface area contributed by atoms with Crippen LogP contribution in [-0.4, -0.2) is 64.2 Å². The van der Waals surface area contributed by atoms with Gasteiger partial charge in [-0.15, -0.1) is 0 Å². The van der Waals surface area contributed by atoms with Crippen LogP contribution in [0.5, 0.6) is 0 Å². The van der Waals surface area contributed by atoms with Gasteiger partial charge in [-0.1, -0.05) is 0 Å². The molecular weight excluding hydrogens is 288 g/mol. The van der Waals surface area contributed by atoms with Gasteiger partial charge in [0.15, 0.2) is 0 Å². The zero-order valence-corrected chi connectivity index (χ0v) is 12.2. The summed E-state index contributed by atoms with van der Waals surface area (Å²) in [4.78, 5) is 0. The van der Waals surface area contributed by atoms with Gasteiger partial charge in [-0.3, -0.25) is 0 Å². The van der Waals surface area contributed by atoms with Crippen LogP contribution in [0.25, 0.3) is 0 Å². The average Bonchev–Trinajstić information content (AvgIpc) is 2.85. The smallest absolute Gasteiger partial charge is 0.1000 e. The van der Waals surface area contributed by atoms with Gasteiger partial charge in [0.1, 0.15) is 0 Å². The molecule has 0 saturated heterocycles. The molecule has 6 nitrogen and oxygen atoms in total. The molecular formula is C16H22O6. The van der Waals surface area contributed by atoms with E-state index in [-0.39, 0.29) is 25.7 Å². The van der Waals surface area contributed by atoms with Gasteiger partial charge in [-0.25, -0.2) is 0 Å². The number of hydrogen-bond acceptors (Lipinski definition) is 6. The highest BCUT2D eigenvalue weighted by atomic mass is 16.4. The highest BCUT2D eigenvalue weighted by Gasteiger charge is 2.92. The quantitative estimate of drug-likeness (QED) is 0.316. The first-order chi connectivity index (χ1) is 10.0. The highest BCUT2D eigenvalue weighted by molar-refractivity contribution is 5.42. The van der Waals surface area contributed by atoms with E-state index in [1.165, 1.54) is 0 Å². The molecule has 6 saturated carbocycles. The molecule has 0 aromatic rings. The van der Waals surface area contributed by atoms with E-state index in [1.807, 2.05) is 0 Å². The SMILES string of the molecule is OC12CC3C4C5C6CC(O)(CC6(O)C4(O)C1)CC5(O)C3(O)C2. The average molecular weight is 310 g/mol. The molecule has 6 aliphatic carbocycles. The molecule has 10 unspecified atom stereocenters. The summed E-state index contributed by atoms with van der Waals surface area (Å²) in [6, 6.07) is 0. The van der Waals surface area contributed by atoms with Gasteiger partial charge in [0.05, 0.1) is 33.6 Å². The third kappa shape index (κ3) is 0.903. The van der Waals surface area contributed by atoms with Crippen molar-refractivity contribution >= 4 is 0 Å². The predicted octanol–water partition coefficient (Wildman–Crippen LogP) is -1.74. The molecule has 0 aromatic heterocycles. The Balaban J connectivity index is 1.72. The summed E-state index contributed by atoms with van der Waals surface area (Å²) < 4.78 is 0. The first kappa shape index (κ1) is 13.1. The normalized spacial score (nSPS) is 79.4. The van der Waals surface area contributed by atoms with Crippen molar-refractivity contribution in [2.45, 2.75) is 72.1 Å². The molecule has 22 heavy (non-hydrogen) atoms. The van der Waals surface area contributed by atoms with Gasteiger partial charge in [-0.05, 0) is 24.7 Å². The van der Waals surface area contributed by atoms with E-state index < -0.39 is 57.3 Å². The maximum Gasteiger partial charge on any atom is 0.1000 e. The summed E-state index contributed by atoms with van der Waals surface area (Å²) in [5.41, 5.74) is -8.49. The molecule has 0 amide bonds. The maximum absolute atomic E-state index is 11.4. The fourth-order valence-electron chi connectivity index (χ4n) is 8.51. The zero-order chi connectivity index (χ0) is 15.6. The minimum atomic E-state index is -1.53. The van der Waals surface area contributed by atoms with Gasteiger partial charge in [0.2, 0.25) is 0 Å². The third-order valence-corrected chi connectivity index (χ3v) is 8.68. The number of hydrogen-bond donors (Lipinski definition) is 6. The van der Waals surface area contributed by atoms with E-state index in [0.717, 1.165) is 0 Å². The minimum absolute atomic E-state index is 0.0232. The second-order valence-electron chi connectivity index (χ2n) is 9.53. The molecule has 6 rings (SSSR count). The maximum atomic E-state index is 11.4. The molecule has 6 fully saturated rings. The van der Waals surface area contributed by atoms with Crippen LogP contribution in [0, 0.1) is 23.7 Å². The topological polar surface area (TPSA) is 121 Å². The highest BCUT2D eigenvalue weighted by Crippen LogP contribution is 2.82. The Hall–Kier alpha value is -0.240. The van der Waals surface area contributed by atoms with Crippen molar-refractivity contribution < 1.29 is 30.6 Å². The predicted molar refractivity (Wildman–Crippen MR) is 71.4 cm³/mol.